The summed E-state index contributed by atoms with van der Waals surface area (Å²) in [5.74, 6) is -0.664. The van der Waals surface area contributed by atoms with Crippen LogP contribution in [0.15, 0.2) is 12.2 Å². The second-order valence-electron chi connectivity index (χ2n) is 5.73. The molecule has 0 saturated heterocycles. The Balaban J connectivity index is -0.00000180. The molecule has 0 atom stereocenters. The van der Waals surface area contributed by atoms with Crippen LogP contribution >= 0.6 is 0 Å². The van der Waals surface area contributed by atoms with Gasteiger partial charge in [-0.25, -0.2) is 0 Å². The zero-order chi connectivity index (χ0) is 14.9. The van der Waals surface area contributed by atoms with Gasteiger partial charge in [0.2, 0.25) is 0 Å². The van der Waals surface area contributed by atoms with Gasteiger partial charge >= 0.3 is 24.8 Å². The first-order chi connectivity index (χ1) is 9.77. The third-order valence-corrected chi connectivity index (χ3v) is 3.65. The second-order valence-corrected chi connectivity index (χ2v) is 5.73. The van der Waals surface area contributed by atoms with E-state index in [2.05, 4.69) is 19.1 Å². The molecule has 0 amide bonds. The van der Waals surface area contributed by atoms with Crippen LogP contribution in [-0.4, -0.2) is 29.9 Å². The zero-order valence-corrected chi connectivity index (χ0v) is 14.8. The van der Waals surface area contributed by atoms with Crippen molar-refractivity contribution in [1.82, 2.24) is 0 Å². The summed E-state index contributed by atoms with van der Waals surface area (Å²) in [5, 5.41) is 8.51. The van der Waals surface area contributed by atoms with E-state index in [0.717, 1.165) is 12.8 Å². The maximum absolute atomic E-state index is 10.3. The van der Waals surface area contributed by atoms with Crippen LogP contribution in [0, 0.1) is 0 Å². The average Bonchev–Trinajstić information content (AvgIpc) is 2.43. The van der Waals surface area contributed by atoms with Gasteiger partial charge in [-0.3, -0.25) is 4.79 Å². The average molecular weight is 349 g/mol. The molecule has 0 aliphatic heterocycles. The summed E-state index contributed by atoms with van der Waals surface area (Å²) >= 11 is 0. The van der Waals surface area contributed by atoms with Gasteiger partial charge < -0.3 is 5.11 Å². The van der Waals surface area contributed by atoms with Crippen molar-refractivity contribution in [1.29, 1.82) is 0 Å². The van der Waals surface area contributed by atoms with Crippen molar-refractivity contribution < 1.29 is 26.7 Å². The van der Waals surface area contributed by atoms with Gasteiger partial charge in [0.1, 0.15) is 0 Å². The minimum absolute atomic E-state index is 0. The van der Waals surface area contributed by atoms with E-state index in [1.165, 1.54) is 70.6 Å². The Bertz CT molecular complexity index is 245. The van der Waals surface area contributed by atoms with Crippen LogP contribution in [0.3, 0.4) is 0 Å². The molecule has 129 valence electrons. The normalized spacial score (nSPS) is 10.2. The number of allylic oxidation sites excluding steroid dienone is 2. The predicted octanol–water partition coefficient (Wildman–Crippen LogP) is 5.46. The van der Waals surface area contributed by atoms with Crippen LogP contribution in [0.4, 0.5) is 0 Å². The van der Waals surface area contributed by atoms with E-state index < -0.39 is 5.97 Å². The molecule has 0 aromatic carbocycles. The zero-order valence-electron chi connectivity index (χ0n) is 13.7. The van der Waals surface area contributed by atoms with Gasteiger partial charge in [0.15, 0.2) is 0 Å². The first-order valence-electron chi connectivity index (χ1n) is 8.64. The van der Waals surface area contributed by atoms with Gasteiger partial charge in [-0.05, 0) is 32.1 Å². The van der Waals surface area contributed by atoms with E-state index in [4.69, 9.17) is 5.11 Å². The fourth-order valence-electron chi connectivity index (χ4n) is 2.35. The molecule has 0 aliphatic carbocycles. The van der Waals surface area contributed by atoms with Gasteiger partial charge in [0, 0.05) is 23.2 Å². The molecule has 0 aromatic rings. The molecule has 0 spiro atoms. The van der Waals surface area contributed by atoms with E-state index in [1.54, 1.807) is 0 Å². The van der Waals surface area contributed by atoms with Crippen molar-refractivity contribution in [2.45, 2.75) is 96.8 Å². The molecule has 0 fully saturated rings. The van der Waals surface area contributed by atoms with E-state index in [9.17, 15) is 4.79 Å². The van der Waals surface area contributed by atoms with Crippen LogP contribution in [-0.2, 0) is 21.6 Å². The summed E-state index contributed by atoms with van der Waals surface area (Å²) < 4.78 is 0. The molecule has 0 aromatic heterocycles. The molecule has 0 rings (SSSR count). The van der Waals surface area contributed by atoms with Crippen LogP contribution in [0.25, 0.3) is 0 Å². The number of unbranched alkanes of at least 4 members (excludes halogenated alkanes) is 11. The molecule has 1 N–H and O–H groups in total. The van der Waals surface area contributed by atoms with Gasteiger partial charge in [-0.2, -0.15) is 0 Å². The Morgan fingerprint density at radius 3 is 1.64 bits per heavy atom. The first kappa shape index (κ1) is 27.2. The fourth-order valence-corrected chi connectivity index (χ4v) is 2.35. The monoisotopic (exact) mass is 349 g/mol. The Kier molecular flexibility index (Phi) is 29.1. The molecule has 0 saturated carbocycles. The van der Waals surface area contributed by atoms with Crippen molar-refractivity contribution in [2.24, 2.45) is 0 Å². The number of hydrogen-bond acceptors (Lipinski definition) is 1. The Morgan fingerprint density at radius 1 is 0.773 bits per heavy atom. The predicted molar refractivity (Wildman–Crippen MR) is 94.2 cm³/mol. The molecule has 0 aliphatic rings. The van der Waals surface area contributed by atoms with Crippen LogP contribution in [0.5, 0.6) is 0 Å². The summed E-state index contributed by atoms with van der Waals surface area (Å²) in [7, 11) is 0. The van der Waals surface area contributed by atoms with E-state index in [1.807, 2.05) is 0 Å². The number of carbonyl (C=O) groups is 1. The van der Waals surface area contributed by atoms with E-state index in [0.29, 0.717) is 6.42 Å². The van der Waals surface area contributed by atoms with Crippen molar-refractivity contribution in [3.8, 4) is 0 Å². The molecule has 0 heterocycles. The molecule has 2 nitrogen and oxygen atoms in total. The number of rotatable bonds is 15. The fraction of sp³-hybridized carbons (Fsp3) is 0.833. The quantitative estimate of drug-likeness (QED) is 0.242. The molecule has 22 heavy (non-hydrogen) atoms. The summed E-state index contributed by atoms with van der Waals surface area (Å²) in [4.78, 5) is 10.3. The third-order valence-electron chi connectivity index (χ3n) is 3.65. The molecule has 4 heteroatoms. The van der Waals surface area contributed by atoms with Crippen molar-refractivity contribution >= 4 is 24.8 Å². The van der Waals surface area contributed by atoms with Gasteiger partial charge in [0.25, 0.3) is 0 Å². The topological polar surface area (TPSA) is 37.3 Å². The molecular weight excluding hydrogens is 314 g/mol. The van der Waals surface area contributed by atoms with Gasteiger partial charge in [0.05, 0.1) is 0 Å². The number of carboxylic acid groups (broad SMARTS) is 1. The second kappa shape index (κ2) is 23.6. The van der Waals surface area contributed by atoms with E-state index in [-0.39, 0.29) is 35.6 Å². The molecule has 1 radical (unpaired) electrons. The Morgan fingerprint density at radius 2 is 1.18 bits per heavy atom. The summed E-state index contributed by atoms with van der Waals surface area (Å²) in [6, 6.07) is 0. The summed E-state index contributed by atoms with van der Waals surface area (Å²) in [6.45, 7) is 2.26. The SMILES string of the molecule is CCCCCCCC/C=C\CCCCCCCC(=O)O.[Co].[LiH]. The van der Waals surface area contributed by atoms with Gasteiger partial charge in [-0.1, -0.05) is 70.4 Å². The van der Waals surface area contributed by atoms with Crippen molar-refractivity contribution in [2.75, 3.05) is 0 Å². The van der Waals surface area contributed by atoms with Crippen molar-refractivity contribution in [3.63, 3.8) is 0 Å². The van der Waals surface area contributed by atoms with Crippen LogP contribution in [0.2, 0.25) is 0 Å². The third kappa shape index (κ3) is 25.3. The Hall–Kier alpha value is 0.314. The van der Waals surface area contributed by atoms with Crippen LogP contribution in [0.1, 0.15) is 96.8 Å². The molecule has 0 bridgehead atoms. The number of aliphatic carboxylic acids is 1. The minimum atomic E-state index is -0.664. The summed E-state index contributed by atoms with van der Waals surface area (Å²) in [6.07, 6.45) is 21.2. The molecule has 0 unspecified atom stereocenters. The number of hydrogen-bond donors (Lipinski definition) is 1. The standard InChI is InChI=1S/C18H34O2.Co.Li.H/c1-2-3-4-5-6-7-8-9-10-11-12-13-14-15-16-17-18(19)20;;;/h9-10H,2-8,11-17H2,1H3,(H,19,20);;;/b10-9-;;;. The van der Waals surface area contributed by atoms with Gasteiger partial charge in [-0.15, -0.1) is 0 Å². The Labute approximate surface area is 160 Å². The molecular formula is C18H35CoLiO2. The van der Waals surface area contributed by atoms with Crippen molar-refractivity contribution in [3.05, 3.63) is 12.2 Å². The van der Waals surface area contributed by atoms with E-state index >= 15 is 0 Å². The maximum atomic E-state index is 10.3. The number of carboxylic acids is 1. The first-order valence-corrected chi connectivity index (χ1v) is 8.64. The van der Waals surface area contributed by atoms with Crippen LogP contribution < -0.4 is 0 Å². The summed E-state index contributed by atoms with van der Waals surface area (Å²) in [5.41, 5.74) is 0.